The number of aromatic nitrogens is 5. The van der Waals surface area contributed by atoms with Crippen molar-refractivity contribution >= 4 is 22.8 Å². The van der Waals surface area contributed by atoms with Crippen LogP contribution in [0.25, 0.3) is 17.0 Å². The van der Waals surface area contributed by atoms with Crippen LogP contribution in [0.2, 0.25) is 0 Å². The van der Waals surface area contributed by atoms with Crippen molar-refractivity contribution in [3.05, 3.63) is 36.4 Å². The van der Waals surface area contributed by atoms with Gasteiger partial charge in [0.1, 0.15) is 29.8 Å². The molecule has 0 spiro atoms. The van der Waals surface area contributed by atoms with E-state index in [0.717, 1.165) is 0 Å². The first-order valence-corrected chi connectivity index (χ1v) is 11.7. The number of imidazole rings is 1. The molecule has 4 rings (SSSR count). The number of morpholine rings is 1. The van der Waals surface area contributed by atoms with E-state index in [0.29, 0.717) is 35.9 Å². The first kappa shape index (κ1) is 22.8. The van der Waals surface area contributed by atoms with Crippen LogP contribution < -0.4 is 9.62 Å². The van der Waals surface area contributed by atoms with Crippen molar-refractivity contribution < 1.29 is 18.1 Å². The molecular weight excluding hydrogens is 440 g/mol. The molecule has 3 aromatic rings. The molecule has 1 aliphatic heterocycles. The quantitative estimate of drug-likeness (QED) is 0.554. The minimum atomic E-state index is -2.69. The second-order valence-electron chi connectivity index (χ2n) is 8.32. The molecule has 0 aromatic carbocycles. The summed E-state index contributed by atoms with van der Waals surface area (Å²) >= 11 is -1.15. The molecule has 1 unspecified atom stereocenters. The molecule has 1 N–H and O–H groups in total. The Kier molecular flexibility index (Phi) is 6.30. The van der Waals surface area contributed by atoms with Gasteiger partial charge >= 0.3 is 0 Å². The Morgan fingerprint density at radius 2 is 2.09 bits per heavy atom. The fourth-order valence-corrected chi connectivity index (χ4v) is 4.22. The molecule has 3 atom stereocenters. The molecule has 0 bridgehead atoms. The fourth-order valence-electron chi connectivity index (χ4n) is 3.82. The van der Waals surface area contributed by atoms with Crippen LogP contribution in [0.15, 0.2) is 30.7 Å². The SMILES string of the molecule is C[C@H]1[C@@H](CN[S+](C)[O-])OC(C)(C)CN1c1cc(-c2cnc3ccc(C(F)F)nn23)ncn1. The summed E-state index contributed by atoms with van der Waals surface area (Å²) in [5.74, 6) is 0.668. The van der Waals surface area contributed by atoms with Crippen LogP contribution in [0.1, 0.15) is 32.9 Å². The van der Waals surface area contributed by atoms with Crippen molar-refractivity contribution in [3.8, 4) is 11.4 Å². The van der Waals surface area contributed by atoms with Crippen molar-refractivity contribution in [2.24, 2.45) is 0 Å². The van der Waals surface area contributed by atoms with E-state index in [-0.39, 0.29) is 17.8 Å². The number of anilines is 1. The molecule has 9 nitrogen and oxygen atoms in total. The van der Waals surface area contributed by atoms with Crippen LogP contribution in [-0.2, 0) is 16.1 Å². The highest BCUT2D eigenvalue weighted by Gasteiger charge is 2.39. The van der Waals surface area contributed by atoms with Gasteiger partial charge in [-0.25, -0.2) is 28.2 Å². The average Bonchev–Trinajstić information content (AvgIpc) is 3.17. The van der Waals surface area contributed by atoms with E-state index in [1.165, 1.54) is 23.0 Å². The van der Waals surface area contributed by atoms with E-state index >= 15 is 0 Å². The topological polar surface area (TPSA) is 104 Å². The van der Waals surface area contributed by atoms with Crippen LogP contribution in [0.5, 0.6) is 0 Å². The van der Waals surface area contributed by atoms with Gasteiger partial charge in [-0.05, 0) is 32.9 Å². The van der Waals surface area contributed by atoms with E-state index < -0.39 is 23.4 Å². The maximum absolute atomic E-state index is 13.1. The largest absolute Gasteiger partial charge is 0.598 e. The molecule has 1 saturated heterocycles. The van der Waals surface area contributed by atoms with Gasteiger partial charge in [0.2, 0.25) is 0 Å². The highest BCUT2D eigenvalue weighted by molar-refractivity contribution is 7.88. The summed E-state index contributed by atoms with van der Waals surface area (Å²) in [6.45, 7) is 7.01. The Bertz CT molecular complexity index is 1090. The van der Waals surface area contributed by atoms with E-state index in [4.69, 9.17) is 4.74 Å². The lowest BCUT2D eigenvalue weighted by molar-refractivity contribution is -0.0965. The molecule has 0 aliphatic carbocycles. The number of fused-ring (bicyclic) bond motifs is 1. The van der Waals surface area contributed by atoms with Gasteiger partial charge in [-0.1, -0.05) is 0 Å². The molecule has 32 heavy (non-hydrogen) atoms. The summed E-state index contributed by atoms with van der Waals surface area (Å²) in [5.41, 5.74) is 0.659. The fraction of sp³-hybridized carbons (Fsp3) is 0.500. The maximum Gasteiger partial charge on any atom is 0.282 e. The average molecular weight is 466 g/mol. The van der Waals surface area contributed by atoms with Crippen molar-refractivity contribution in [2.75, 3.05) is 24.2 Å². The summed E-state index contributed by atoms with van der Waals surface area (Å²) in [6, 6.07) is 4.49. The lowest BCUT2D eigenvalue weighted by Gasteiger charge is -2.47. The number of nitrogens with one attached hydrogen (secondary N) is 1. The lowest BCUT2D eigenvalue weighted by atomic mass is 10.00. The smallest absolute Gasteiger partial charge is 0.282 e. The van der Waals surface area contributed by atoms with E-state index in [9.17, 15) is 13.3 Å². The third-order valence-electron chi connectivity index (χ3n) is 5.35. The highest BCUT2D eigenvalue weighted by atomic mass is 32.2. The molecule has 0 saturated carbocycles. The third-order valence-corrected chi connectivity index (χ3v) is 5.93. The second kappa shape index (κ2) is 8.85. The summed E-state index contributed by atoms with van der Waals surface area (Å²) in [6.07, 6.45) is 1.67. The van der Waals surface area contributed by atoms with Crippen LogP contribution >= 0.6 is 0 Å². The van der Waals surface area contributed by atoms with Gasteiger partial charge in [0.05, 0.1) is 36.2 Å². The summed E-state index contributed by atoms with van der Waals surface area (Å²) in [4.78, 5) is 15.1. The number of hydrogen-bond acceptors (Lipinski definition) is 8. The molecule has 12 heteroatoms. The van der Waals surface area contributed by atoms with Crippen LogP contribution in [0.4, 0.5) is 14.6 Å². The number of hydrogen-bond donors (Lipinski definition) is 1. The van der Waals surface area contributed by atoms with Gasteiger partial charge in [-0.3, -0.25) is 0 Å². The normalized spacial score (nSPS) is 21.9. The number of rotatable bonds is 6. The number of alkyl halides is 2. The van der Waals surface area contributed by atoms with Crippen LogP contribution in [0.3, 0.4) is 0 Å². The van der Waals surface area contributed by atoms with E-state index in [1.54, 1.807) is 18.5 Å². The first-order valence-electron chi connectivity index (χ1n) is 10.1. The monoisotopic (exact) mass is 465 g/mol. The Labute approximate surface area is 187 Å². The summed E-state index contributed by atoms with van der Waals surface area (Å²) < 4.78 is 48.3. The molecule has 3 aromatic heterocycles. The Morgan fingerprint density at radius 3 is 2.81 bits per heavy atom. The zero-order valence-corrected chi connectivity index (χ0v) is 19.0. The van der Waals surface area contributed by atoms with Gasteiger partial charge in [-0.15, -0.1) is 4.72 Å². The summed E-state index contributed by atoms with van der Waals surface area (Å²) in [5, 5.41) is 4.02. The van der Waals surface area contributed by atoms with Crippen LogP contribution in [0, 0.1) is 0 Å². The minimum Gasteiger partial charge on any atom is -0.598 e. The maximum atomic E-state index is 13.1. The highest BCUT2D eigenvalue weighted by Crippen LogP contribution is 2.31. The van der Waals surface area contributed by atoms with Crippen molar-refractivity contribution in [3.63, 3.8) is 0 Å². The molecule has 4 heterocycles. The Morgan fingerprint density at radius 1 is 1.31 bits per heavy atom. The van der Waals surface area contributed by atoms with Crippen molar-refractivity contribution in [1.29, 1.82) is 0 Å². The molecule has 1 aliphatic rings. The molecular formula is C20H25F2N7O2S. The number of ether oxygens (including phenoxy) is 1. The van der Waals surface area contributed by atoms with Crippen LogP contribution in [-0.4, -0.2) is 66.2 Å². The molecule has 0 radical (unpaired) electrons. The molecule has 172 valence electrons. The van der Waals surface area contributed by atoms with Gasteiger partial charge in [-0.2, -0.15) is 5.10 Å². The number of nitrogens with zero attached hydrogens (tertiary/aromatic N) is 6. The Hall–Kier alpha value is -2.41. The van der Waals surface area contributed by atoms with E-state index in [1.807, 2.05) is 20.8 Å². The van der Waals surface area contributed by atoms with Gasteiger partial charge in [0.25, 0.3) is 6.43 Å². The van der Waals surface area contributed by atoms with Crippen molar-refractivity contribution in [1.82, 2.24) is 29.3 Å². The Balaban J connectivity index is 1.68. The first-order chi connectivity index (χ1) is 15.1. The van der Waals surface area contributed by atoms with E-state index in [2.05, 4.69) is 29.7 Å². The predicted octanol–water partition coefficient (Wildman–Crippen LogP) is 2.38. The standard InChI is InChI=1S/C20H25F2N7O2S/c1-12-16(9-26-32(4)30)31-20(2,3)10-28(12)18-7-14(24-11-25-18)15-8-23-17-6-5-13(19(21)22)27-29(15)17/h5-8,11-12,16,19,26H,9-10H2,1-4H3/t12-,16+,32?/m0/s1. The minimum absolute atomic E-state index is 0.0624. The lowest BCUT2D eigenvalue weighted by Crippen LogP contribution is -2.60. The molecule has 1 fully saturated rings. The van der Waals surface area contributed by atoms with Gasteiger partial charge in [0, 0.05) is 24.0 Å². The van der Waals surface area contributed by atoms with Crippen molar-refractivity contribution in [2.45, 2.75) is 44.9 Å². The number of halogens is 2. The molecule has 0 amide bonds. The predicted molar refractivity (Wildman–Crippen MR) is 117 cm³/mol. The van der Waals surface area contributed by atoms with Gasteiger partial charge < -0.3 is 14.2 Å². The zero-order chi connectivity index (χ0) is 23.0. The summed E-state index contributed by atoms with van der Waals surface area (Å²) in [7, 11) is 0. The third kappa shape index (κ3) is 4.68. The van der Waals surface area contributed by atoms with Gasteiger partial charge in [0.15, 0.2) is 5.65 Å². The second-order valence-corrected chi connectivity index (χ2v) is 9.52. The zero-order valence-electron chi connectivity index (χ0n) is 18.2.